The van der Waals surface area contributed by atoms with Gasteiger partial charge < -0.3 is 4.74 Å². The van der Waals surface area contributed by atoms with Crippen LogP contribution in [0.25, 0.3) is 0 Å². The third kappa shape index (κ3) is 2.72. The molecule has 1 aromatic rings. The van der Waals surface area contributed by atoms with Crippen molar-refractivity contribution >= 4 is 0 Å². The lowest BCUT2D eigenvalue weighted by Gasteiger charge is -2.08. The number of benzene rings is 1. The fourth-order valence-electron chi connectivity index (χ4n) is 1.18. The Morgan fingerprint density at radius 2 is 2.08 bits per heavy atom. The van der Waals surface area contributed by atoms with Gasteiger partial charge in [0.15, 0.2) is 0 Å². The summed E-state index contributed by atoms with van der Waals surface area (Å²) in [6, 6.07) is 4.67. The van der Waals surface area contributed by atoms with Crippen LogP contribution in [0.15, 0.2) is 18.2 Å². The Morgan fingerprint density at radius 3 is 2.69 bits per heavy atom. The van der Waals surface area contributed by atoms with E-state index in [1.54, 1.807) is 6.07 Å². The van der Waals surface area contributed by atoms with E-state index in [1.165, 1.54) is 12.1 Å². The maximum atomic E-state index is 12.8. The van der Waals surface area contributed by atoms with Crippen molar-refractivity contribution < 1.29 is 9.13 Å². The fraction of sp³-hybridized carbons (Fsp3) is 0.455. The first-order valence-electron chi connectivity index (χ1n) is 4.69. The van der Waals surface area contributed by atoms with Gasteiger partial charge in [0, 0.05) is 0 Å². The fourth-order valence-corrected chi connectivity index (χ4v) is 1.18. The topological polar surface area (TPSA) is 9.23 Å². The normalized spacial score (nSPS) is 10.1. The lowest BCUT2D eigenvalue weighted by molar-refractivity contribution is 0.314. The molecule has 0 N–H and O–H groups in total. The zero-order valence-corrected chi connectivity index (χ0v) is 8.14. The van der Waals surface area contributed by atoms with Crippen LogP contribution in [0.1, 0.15) is 25.8 Å². The molecule has 0 amide bonds. The molecular formula is C11H15FO. The van der Waals surface area contributed by atoms with Gasteiger partial charge in [0.25, 0.3) is 0 Å². The molecule has 13 heavy (non-hydrogen) atoms. The average molecular weight is 182 g/mol. The summed E-state index contributed by atoms with van der Waals surface area (Å²) in [5, 5.41) is 0. The molecule has 0 saturated heterocycles. The van der Waals surface area contributed by atoms with Crippen molar-refractivity contribution in [3.63, 3.8) is 0 Å². The summed E-state index contributed by atoms with van der Waals surface area (Å²) in [7, 11) is 0. The molecule has 0 aliphatic heterocycles. The van der Waals surface area contributed by atoms with Gasteiger partial charge in [-0.1, -0.05) is 13.8 Å². The van der Waals surface area contributed by atoms with E-state index in [4.69, 9.17) is 4.74 Å². The van der Waals surface area contributed by atoms with Gasteiger partial charge in [0.1, 0.15) is 11.6 Å². The molecule has 0 radical (unpaired) electrons. The Kier molecular flexibility index (Phi) is 3.74. The minimum atomic E-state index is -0.194. The molecule has 0 spiro atoms. The van der Waals surface area contributed by atoms with Crippen molar-refractivity contribution in [1.29, 1.82) is 0 Å². The van der Waals surface area contributed by atoms with E-state index in [2.05, 4.69) is 6.92 Å². The largest absolute Gasteiger partial charge is 0.493 e. The van der Waals surface area contributed by atoms with Crippen LogP contribution >= 0.6 is 0 Å². The summed E-state index contributed by atoms with van der Waals surface area (Å²) in [5.41, 5.74) is 0.938. The first kappa shape index (κ1) is 10.0. The smallest absolute Gasteiger partial charge is 0.123 e. The van der Waals surface area contributed by atoms with Gasteiger partial charge in [-0.05, 0) is 36.6 Å². The number of rotatable bonds is 4. The van der Waals surface area contributed by atoms with E-state index in [9.17, 15) is 4.39 Å². The zero-order valence-electron chi connectivity index (χ0n) is 8.14. The molecule has 1 nitrogen and oxygen atoms in total. The van der Waals surface area contributed by atoms with Crippen molar-refractivity contribution in [3.05, 3.63) is 29.6 Å². The van der Waals surface area contributed by atoms with Crippen LogP contribution in [0.5, 0.6) is 5.75 Å². The molecule has 1 rings (SSSR count). The predicted molar refractivity (Wildman–Crippen MR) is 51.6 cm³/mol. The van der Waals surface area contributed by atoms with E-state index in [1.807, 2.05) is 6.92 Å². The van der Waals surface area contributed by atoms with E-state index < -0.39 is 0 Å². The first-order valence-corrected chi connectivity index (χ1v) is 4.69. The molecule has 2 heteroatoms. The molecule has 0 aliphatic rings. The van der Waals surface area contributed by atoms with Gasteiger partial charge >= 0.3 is 0 Å². The molecule has 0 atom stereocenters. The first-order chi connectivity index (χ1) is 6.27. The van der Waals surface area contributed by atoms with Crippen LogP contribution in [-0.4, -0.2) is 6.61 Å². The van der Waals surface area contributed by atoms with Crippen LogP contribution in [0, 0.1) is 5.82 Å². The molecule has 0 bridgehead atoms. The van der Waals surface area contributed by atoms with Crippen LogP contribution in [-0.2, 0) is 6.42 Å². The number of hydrogen-bond donors (Lipinski definition) is 0. The second-order valence-corrected chi connectivity index (χ2v) is 2.95. The quantitative estimate of drug-likeness (QED) is 0.695. The van der Waals surface area contributed by atoms with E-state index in [-0.39, 0.29) is 5.82 Å². The Morgan fingerprint density at radius 1 is 1.31 bits per heavy atom. The highest BCUT2D eigenvalue weighted by Gasteiger charge is 2.02. The van der Waals surface area contributed by atoms with E-state index in [0.29, 0.717) is 6.61 Å². The van der Waals surface area contributed by atoms with Crippen LogP contribution in [0.4, 0.5) is 4.39 Å². The van der Waals surface area contributed by atoms with Crippen molar-refractivity contribution in [3.8, 4) is 5.75 Å². The third-order valence-electron chi connectivity index (χ3n) is 1.87. The molecule has 0 aliphatic carbocycles. The second-order valence-electron chi connectivity index (χ2n) is 2.95. The molecule has 0 saturated carbocycles. The lowest BCUT2D eigenvalue weighted by Crippen LogP contribution is -1.98. The average Bonchev–Trinajstić information content (AvgIpc) is 2.16. The lowest BCUT2D eigenvalue weighted by atomic mass is 10.1. The molecular weight excluding hydrogens is 167 g/mol. The summed E-state index contributed by atoms with van der Waals surface area (Å²) in [6.07, 6.45) is 1.78. The minimum absolute atomic E-state index is 0.194. The molecule has 0 aromatic heterocycles. The standard InChI is InChI=1S/C11H15FO/c1-3-7-13-11-6-5-10(12)8-9(11)4-2/h5-6,8H,3-4,7H2,1-2H3. The molecule has 0 unspecified atom stereocenters. The highest BCUT2D eigenvalue weighted by molar-refractivity contribution is 5.33. The van der Waals surface area contributed by atoms with Crippen LogP contribution in [0.2, 0.25) is 0 Å². The van der Waals surface area contributed by atoms with Gasteiger partial charge in [-0.2, -0.15) is 0 Å². The van der Waals surface area contributed by atoms with Gasteiger partial charge in [-0.25, -0.2) is 4.39 Å². The maximum absolute atomic E-state index is 12.8. The van der Waals surface area contributed by atoms with Crippen molar-refractivity contribution in [2.24, 2.45) is 0 Å². The molecule has 1 aromatic carbocycles. The SMILES string of the molecule is CCCOc1ccc(F)cc1CC. The Bertz CT molecular complexity index is 271. The Balaban J connectivity index is 2.79. The van der Waals surface area contributed by atoms with Crippen LogP contribution in [0.3, 0.4) is 0 Å². The summed E-state index contributed by atoms with van der Waals surface area (Å²) in [5.74, 6) is 0.617. The highest BCUT2D eigenvalue weighted by atomic mass is 19.1. The van der Waals surface area contributed by atoms with E-state index in [0.717, 1.165) is 24.2 Å². The van der Waals surface area contributed by atoms with Crippen molar-refractivity contribution in [2.75, 3.05) is 6.61 Å². The minimum Gasteiger partial charge on any atom is -0.493 e. The molecule has 72 valence electrons. The van der Waals surface area contributed by atoms with Crippen molar-refractivity contribution in [2.45, 2.75) is 26.7 Å². The summed E-state index contributed by atoms with van der Waals surface area (Å²) >= 11 is 0. The maximum Gasteiger partial charge on any atom is 0.123 e. The third-order valence-corrected chi connectivity index (χ3v) is 1.87. The number of ether oxygens (including phenoxy) is 1. The monoisotopic (exact) mass is 182 g/mol. The predicted octanol–water partition coefficient (Wildman–Crippen LogP) is 3.18. The number of aryl methyl sites for hydroxylation is 1. The van der Waals surface area contributed by atoms with Gasteiger partial charge in [0.05, 0.1) is 6.61 Å². The summed E-state index contributed by atoms with van der Waals surface area (Å²) in [4.78, 5) is 0. The zero-order chi connectivity index (χ0) is 9.68. The van der Waals surface area contributed by atoms with Crippen molar-refractivity contribution in [1.82, 2.24) is 0 Å². The second kappa shape index (κ2) is 4.85. The Hall–Kier alpha value is -1.05. The van der Waals surface area contributed by atoms with Gasteiger partial charge in [-0.3, -0.25) is 0 Å². The van der Waals surface area contributed by atoms with Crippen LogP contribution < -0.4 is 4.74 Å². The molecule has 0 fully saturated rings. The number of halogens is 1. The highest BCUT2D eigenvalue weighted by Crippen LogP contribution is 2.20. The van der Waals surface area contributed by atoms with E-state index >= 15 is 0 Å². The Labute approximate surface area is 78.5 Å². The summed E-state index contributed by atoms with van der Waals surface area (Å²) in [6.45, 7) is 4.74. The van der Waals surface area contributed by atoms with Gasteiger partial charge in [-0.15, -0.1) is 0 Å². The summed E-state index contributed by atoms with van der Waals surface area (Å²) < 4.78 is 18.3. The number of hydrogen-bond acceptors (Lipinski definition) is 1. The van der Waals surface area contributed by atoms with Gasteiger partial charge in [0.2, 0.25) is 0 Å². The molecule has 0 heterocycles.